The van der Waals surface area contributed by atoms with Crippen LogP contribution in [0.3, 0.4) is 0 Å². The molecule has 0 saturated heterocycles. The van der Waals surface area contributed by atoms with Crippen LogP contribution in [0, 0.1) is 0 Å². The highest BCUT2D eigenvalue weighted by Crippen LogP contribution is 2.48. The van der Waals surface area contributed by atoms with Crippen molar-refractivity contribution in [3.8, 4) is 0 Å². The third-order valence-electron chi connectivity index (χ3n) is 15.8. The van der Waals surface area contributed by atoms with Gasteiger partial charge in [0.2, 0.25) is 0 Å². The summed E-state index contributed by atoms with van der Waals surface area (Å²) in [6.45, 7) is 14.1. The third kappa shape index (κ3) is 7.06. The van der Waals surface area contributed by atoms with Crippen LogP contribution >= 0.6 is 0 Å². The van der Waals surface area contributed by atoms with E-state index in [9.17, 15) is 0 Å². The summed E-state index contributed by atoms with van der Waals surface area (Å²) in [6.07, 6.45) is 7.19. The van der Waals surface area contributed by atoms with Gasteiger partial charge in [0.05, 0.1) is 0 Å². The van der Waals surface area contributed by atoms with Crippen molar-refractivity contribution in [1.82, 2.24) is 0 Å². The molecule has 0 spiro atoms. The Bertz CT molecular complexity index is 3210. The van der Waals surface area contributed by atoms with E-state index in [1.54, 1.807) is 0 Å². The van der Waals surface area contributed by atoms with Crippen LogP contribution in [-0.4, -0.2) is 0 Å². The molecule has 0 N–H and O–H groups in total. The summed E-state index contributed by atoms with van der Waals surface area (Å²) in [5.74, 6) is 0. The standard InChI is InChI=1S/C69H57N/c1-67(2)61-25-13-7-19-49(61)43-58(55-22-10-16-28-64(55)67)46-31-37-52(38-32-46)70(53-39-33-47(34-40-53)59-44-50-20-8-14-26-62(50)68(3,4)65-29-17-11-23-56(59)65)54-41-35-48(36-42-54)60-45-51-21-9-15-27-63(51)69(5,6)66-30-18-12-24-57(60)66/h7-45H,1-6H3. The summed E-state index contributed by atoms with van der Waals surface area (Å²) in [6, 6.07) is 81.2. The van der Waals surface area contributed by atoms with E-state index in [4.69, 9.17) is 0 Å². The van der Waals surface area contributed by atoms with Gasteiger partial charge >= 0.3 is 0 Å². The number of hydrogen-bond acceptors (Lipinski definition) is 1. The number of nitrogens with zero attached hydrogens (tertiary/aromatic N) is 1. The average molecular weight is 900 g/mol. The molecule has 3 aliphatic carbocycles. The van der Waals surface area contributed by atoms with Crippen molar-refractivity contribution in [2.45, 2.75) is 57.8 Å². The molecule has 3 aliphatic rings. The molecule has 0 amide bonds. The Balaban J connectivity index is 0.981. The van der Waals surface area contributed by atoms with Gasteiger partial charge in [-0.2, -0.15) is 0 Å². The van der Waals surface area contributed by atoms with E-state index in [-0.39, 0.29) is 16.2 Å². The zero-order chi connectivity index (χ0) is 47.8. The number of benzene rings is 9. The smallest absolute Gasteiger partial charge is 0.0462 e. The Morgan fingerprint density at radius 2 is 0.471 bits per heavy atom. The van der Waals surface area contributed by atoms with Gasteiger partial charge in [-0.15, -0.1) is 0 Å². The topological polar surface area (TPSA) is 3.24 Å². The minimum atomic E-state index is -0.149. The van der Waals surface area contributed by atoms with Gasteiger partial charge in [-0.05, 0) is 155 Å². The second kappa shape index (κ2) is 16.6. The van der Waals surface area contributed by atoms with Crippen LogP contribution in [0.25, 0.3) is 34.9 Å². The molecule has 12 rings (SSSR count). The summed E-state index contributed by atoms with van der Waals surface area (Å²) in [5.41, 5.74) is 25.8. The van der Waals surface area contributed by atoms with Gasteiger partial charge in [-0.3, -0.25) is 0 Å². The molecule has 0 fully saturated rings. The van der Waals surface area contributed by atoms with Crippen molar-refractivity contribution in [2.24, 2.45) is 0 Å². The van der Waals surface area contributed by atoms with Crippen LogP contribution in [-0.2, 0) is 16.2 Å². The second-order valence-corrected chi connectivity index (χ2v) is 20.9. The fourth-order valence-corrected chi connectivity index (χ4v) is 12.0. The predicted molar refractivity (Wildman–Crippen MR) is 297 cm³/mol. The maximum absolute atomic E-state index is 2.41. The Morgan fingerprint density at radius 3 is 0.743 bits per heavy atom. The van der Waals surface area contributed by atoms with Crippen LogP contribution in [0.5, 0.6) is 0 Å². The molecule has 0 saturated carbocycles. The first-order valence-corrected chi connectivity index (χ1v) is 24.8. The Morgan fingerprint density at radius 1 is 0.243 bits per heavy atom. The Kier molecular flexibility index (Phi) is 10.3. The molecule has 338 valence electrons. The van der Waals surface area contributed by atoms with E-state index in [2.05, 4.69) is 283 Å². The van der Waals surface area contributed by atoms with Crippen molar-refractivity contribution in [1.29, 1.82) is 0 Å². The van der Waals surface area contributed by atoms with E-state index in [1.165, 1.54) is 100 Å². The highest BCUT2D eigenvalue weighted by atomic mass is 15.1. The van der Waals surface area contributed by atoms with E-state index in [0.717, 1.165) is 17.1 Å². The lowest BCUT2D eigenvalue weighted by atomic mass is 9.75. The largest absolute Gasteiger partial charge is 0.311 e. The van der Waals surface area contributed by atoms with Crippen LogP contribution < -0.4 is 4.90 Å². The number of hydrogen-bond donors (Lipinski definition) is 0. The minimum Gasteiger partial charge on any atom is -0.311 e. The lowest BCUT2D eigenvalue weighted by Gasteiger charge is -2.29. The molecule has 9 aromatic rings. The van der Waals surface area contributed by atoms with Crippen molar-refractivity contribution in [3.05, 3.63) is 302 Å². The molecule has 1 heteroatoms. The maximum Gasteiger partial charge on any atom is 0.0462 e. The SMILES string of the molecule is CC1(C)c2ccccc2C=C(c2ccc(N(c3ccc(C4=Cc5ccccc5C(C)(C)c5ccccc54)cc3)c3ccc(C4=Cc5ccccc5C(C)(C)c5ccccc54)cc3)cc2)c2ccccc21. The van der Waals surface area contributed by atoms with Crippen LogP contribution in [0.4, 0.5) is 17.1 Å². The van der Waals surface area contributed by atoms with Gasteiger partial charge in [0.1, 0.15) is 0 Å². The lowest BCUT2D eigenvalue weighted by Crippen LogP contribution is -2.20. The molecule has 0 unspecified atom stereocenters. The van der Waals surface area contributed by atoms with Crippen molar-refractivity contribution < 1.29 is 0 Å². The summed E-state index contributed by atoms with van der Waals surface area (Å²) in [7, 11) is 0. The Labute approximate surface area is 414 Å². The highest BCUT2D eigenvalue weighted by molar-refractivity contribution is 5.98. The zero-order valence-electron chi connectivity index (χ0n) is 41.0. The Hall–Kier alpha value is -8.00. The monoisotopic (exact) mass is 899 g/mol. The van der Waals surface area contributed by atoms with Gasteiger partial charge in [0.25, 0.3) is 0 Å². The summed E-state index contributed by atoms with van der Waals surface area (Å²) in [4.78, 5) is 2.41. The molecule has 0 heterocycles. The van der Waals surface area contributed by atoms with Gasteiger partial charge in [-0.25, -0.2) is 0 Å². The fourth-order valence-electron chi connectivity index (χ4n) is 12.0. The third-order valence-corrected chi connectivity index (χ3v) is 15.8. The summed E-state index contributed by atoms with van der Waals surface area (Å²) in [5, 5.41) is 0. The quantitative estimate of drug-likeness (QED) is 0.161. The van der Waals surface area contributed by atoms with Crippen LogP contribution in [0.1, 0.15) is 125 Å². The fraction of sp³-hybridized carbons (Fsp3) is 0.130. The molecule has 0 bridgehead atoms. The molecule has 1 nitrogen and oxygen atoms in total. The van der Waals surface area contributed by atoms with Gasteiger partial charge in [0, 0.05) is 33.3 Å². The highest BCUT2D eigenvalue weighted by Gasteiger charge is 2.34. The molecular weight excluding hydrogens is 843 g/mol. The first-order chi connectivity index (χ1) is 34.0. The number of anilines is 3. The predicted octanol–water partition coefficient (Wildman–Crippen LogP) is 17.8. The normalized spacial score (nSPS) is 15.6. The number of rotatable bonds is 6. The van der Waals surface area contributed by atoms with Gasteiger partial charge < -0.3 is 4.90 Å². The lowest BCUT2D eigenvalue weighted by molar-refractivity contribution is 0.639. The maximum atomic E-state index is 2.41. The van der Waals surface area contributed by atoms with Crippen molar-refractivity contribution >= 4 is 52.0 Å². The molecule has 0 aliphatic heterocycles. The molecule has 9 aromatic carbocycles. The van der Waals surface area contributed by atoms with Crippen LogP contribution in [0.2, 0.25) is 0 Å². The second-order valence-electron chi connectivity index (χ2n) is 20.9. The van der Waals surface area contributed by atoms with Gasteiger partial charge in [0.15, 0.2) is 0 Å². The first kappa shape index (κ1) is 43.3. The molecular formula is C69H57N. The van der Waals surface area contributed by atoms with Crippen molar-refractivity contribution in [2.75, 3.05) is 4.90 Å². The number of fused-ring (bicyclic) bond motifs is 6. The molecule has 70 heavy (non-hydrogen) atoms. The first-order valence-electron chi connectivity index (χ1n) is 24.8. The summed E-state index contributed by atoms with van der Waals surface area (Å²) >= 11 is 0. The minimum absolute atomic E-state index is 0.149. The van der Waals surface area contributed by atoms with E-state index >= 15 is 0 Å². The van der Waals surface area contributed by atoms with E-state index in [1.807, 2.05) is 0 Å². The van der Waals surface area contributed by atoms with Crippen molar-refractivity contribution in [3.63, 3.8) is 0 Å². The molecule has 0 atom stereocenters. The van der Waals surface area contributed by atoms with E-state index in [0.29, 0.717) is 0 Å². The van der Waals surface area contributed by atoms with Crippen LogP contribution in [0.15, 0.2) is 218 Å². The average Bonchev–Trinajstić information content (AvgIpc) is 3.62. The van der Waals surface area contributed by atoms with E-state index < -0.39 is 0 Å². The van der Waals surface area contributed by atoms with Gasteiger partial charge in [-0.1, -0.05) is 224 Å². The molecule has 0 aromatic heterocycles. The summed E-state index contributed by atoms with van der Waals surface area (Å²) < 4.78 is 0. The molecule has 0 radical (unpaired) electrons. The zero-order valence-corrected chi connectivity index (χ0v) is 41.0.